The van der Waals surface area contributed by atoms with Gasteiger partial charge in [-0.15, -0.1) is 0 Å². The molecular weight excluding hydrogens is 198 g/mol. The van der Waals surface area contributed by atoms with E-state index in [1.165, 1.54) is 32.1 Å². The topological polar surface area (TPSA) is 39.1 Å². The molecule has 0 saturated heterocycles. The van der Waals surface area contributed by atoms with Crippen LogP contribution in [0.1, 0.15) is 38.5 Å². The molecule has 0 aromatic heterocycles. The molecule has 3 heteroatoms. The van der Waals surface area contributed by atoms with E-state index in [-0.39, 0.29) is 5.54 Å². The van der Waals surface area contributed by atoms with Gasteiger partial charge in [0.05, 0.1) is 6.07 Å². The quantitative estimate of drug-likeness (QED) is 0.769. The second kappa shape index (κ2) is 4.73. The van der Waals surface area contributed by atoms with Gasteiger partial charge < -0.3 is 10.2 Å². The molecule has 2 unspecified atom stereocenters. The Kier molecular flexibility index (Phi) is 3.51. The van der Waals surface area contributed by atoms with E-state index in [2.05, 4.69) is 23.3 Å². The van der Waals surface area contributed by atoms with Crippen LogP contribution in [0.15, 0.2) is 0 Å². The molecule has 0 spiro atoms. The molecule has 0 amide bonds. The van der Waals surface area contributed by atoms with E-state index in [9.17, 15) is 5.26 Å². The van der Waals surface area contributed by atoms with Crippen LogP contribution < -0.4 is 5.32 Å². The normalized spacial score (nSPS) is 34.2. The van der Waals surface area contributed by atoms with Crippen LogP contribution in [0.5, 0.6) is 0 Å². The Hall–Kier alpha value is -0.590. The number of nitriles is 1. The molecule has 2 atom stereocenters. The first-order valence-corrected chi connectivity index (χ1v) is 6.52. The van der Waals surface area contributed by atoms with Crippen molar-refractivity contribution in [2.75, 3.05) is 20.6 Å². The summed E-state index contributed by atoms with van der Waals surface area (Å²) >= 11 is 0. The smallest absolute Gasteiger partial charge is 0.109 e. The zero-order valence-electron chi connectivity index (χ0n) is 10.5. The highest BCUT2D eigenvalue weighted by Crippen LogP contribution is 2.38. The third kappa shape index (κ3) is 2.23. The molecule has 3 nitrogen and oxygen atoms in total. The molecule has 2 fully saturated rings. The van der Waals surface area contributed by atoms with Gasteiger partial charge in [-0.2, -0.15) is 5.26 Å². The summed E-state index contributed by atoms with van der Waals surface area (Å²) in [7, 11) is 4.16. The largest absolute Gasteiger partial charge is 0.303 e. The lowest BCUT2D eigenvalue weighted by atomic mass is 9.86. The lowest BCUT2D eigenvalue weighted by Crippen LogP contribution is -2.45. The summed E-state index contributed by atoms with van der Waals surface area (Å²) in [5.74, 6) is 0.545. The van der Waals surface area contributed by atoms with E-state index in [4.69, 9.17) is 0 Å². The van der Waals surface area contributed by atoms with Crippen molar-refractivity contribution < 1.29 is 0 Å². The van der Waals surface area contributed by atoms with Crippen molar-refractivity contribution in [2.45, 2.75) is 50.1 Å². The zero-order chi connectivity index (χ0) is 11.6. The number of nitrogens with one attached hydrogen (secondary N) is 1. The Balaban J connectivity index is 1.85. The van der Waals surface area contributed by atoms with E-state index in [1.54, 1.807) is 0 Å². The van der Waals surface area contributed by atoms with Crippen LogP contribution in [0.4, 0.5) is 0 Å². The van der Waals surface area contributed by atoms with Gasteiger partial charge in [-0.3, -0.25) is 0 Å². The molecule has 2 saturated carbocycles. The lowest BCUT2D eigenvalue weighted by molar-refractivity contribution is 0.252. The Morgan fingerprint density at radius 3 is 2.75 bits per heavy atom. The fourth-order valence-corrected chi connectivity index (χ4v) is 3.06. The highest BCUT2D eigenvalue weighted by atomic mass is 15.1. The third-order valence-corrected chi connectivity index (χ3v) is 4.47. The molecule has 0 heterocycles. The van der Waals surface area contributed by atoms with E-state index < -0.39 is 0 Å². The van der Waals surface area contributed by atoms with Gasteiger partial charge >= 0.3 is 0 Å². The van der Waals surface area contributed by atoms with Crippen molar-refractivity contribution in [1.82, 2.24) is 10.2 Å². The highest BCUT2D eigenvalue weighted by molar-refractivity contribution is 5.13. The second-order valence-corrected chi connectivity index (χ2v) is 5.42. The van der Waals surface area contributed by atoms with E-state index in [0.29, 0.717) is 5.92 Å². The van der Waals surface area contributed by atoms with Crippen LogP contribution in [-0.2, 0) is 0 Å². The van der Waals surface area contributed by atoms with Crippen LogP contribution in [0, 0.1) is 17.2 Å². The Morgan fingerprint density at radius 2 is 2.19 bits per heavy atom. The van der Waals surface area contributed by atoms with Crippen LogP contribution in [0.2, 0.25) is 0 Å². The summed E-state index contributed by atoms with van der Waals surface area (Å²) < 4.78 is 0. The van der Waals surface area contributed by atoms with Crippen molar-refractivity contribution in [3.8, 4) is 6.07 Å². The maximum atomic E-state index is 9.35. The molecule has 0 aliphatic heterocycles. The van der Waals surface area contributed by atoms with Gasteiger partial charge in [0.1, 0.15) is 5.54 Å². The number of hydrogen-bond acceptors (Lipinski definition) is 3. The fraction of sp³-hybridized carbons (Fsp3) is 0.923. The minimum atomic E-state index is -0.232. The molecule has 0 bridgehead atoms. The van der Waals surface area contributed by atoms with Gasteiger partial charge in [-0.25, -0.2) is 0 Å². The molecule has 16 heavy (non-hydrogen) atoms. The zero-order valence-corrected chi connectivity index (χ0v) is 10.5. The highest BCUT2D eigenvalue weighted by Gasteiger charge is 2.42. The van der Waals surface area contributed by atoms with Crippen molar-refractivity contribution >= 4 is 0 Å². The summed E-state index contributed by atoms with van der Waals surface area (Å²) in [5, 5.41) is 12.6. The average molecular weight is 221 g/mol. The Morgan fingerprint density at radius 1 is 1.44 bits per heavy atom. The van der Waals surface area contributed by atoms with Gasteiger partial charge in [0.15, 0.2) is 0 Å². The predicted octanol–water partition coefficient (Wildman–Crippen LogP) is 1.75. The first kappa shape index (κ1) is 11.9. The maximum absolute atomic E-state index is 9.35. The predicted molar refractivity (Wildman–Crippen MR) is 65.0 cm³/mol. The summed E-state index contributed by atoms with van der Waals surface area (Å²) in [6.07, 6.45) is 7.35. The summed E-state index contributed by atoms with van der Waals surface area (Å²) in [6.45, 7) is 1.15. The van der Waals surface area contributed by atoms with Gasteiger partial charge in [0.2, 0.25) is 0 Å². The third-order valence-electron chi connectivity index (χ3n) is 4.47. The van der Waals surface area contributed by atoms with Crippen molar-refractivity contribution in [3.63, 3.8) is 0 Å². The van der Waals surface area contributed by atoms with Crippen molar-refractivity contribution in [2.24, 2.45) is 5.92 Å². The number of nitrogens with zero attached hydrogens (tertiary/aromatic N) is 2. The van der Waals surface area contributed by atoms with Crippen molar-refractivity contribution in [3.05, 3.63) is 0 Å². The van der Waals surface area contributed by atoms with Crippen LogP contribution in [0.25, 0.3) is 0 Å². The molecule has 90 valence electrons. The molecule has 1 N–H and O–H groups in total. The number of rotatable bonds is 5. The van der Waals surface area contributed by atoms with E-state index >= 15 is 0 Å². The van der Waals surface area contributed by atoms with E-state index in [1.807, 2.05) is 7.05 Å². The maximum Gasteiger partial charge on any atom is 0.109 e. The van der Waals surface area contributed by atoms with Crippen molar-refractivity contribution in [1.29, 1.82) is 5.26 Å². The van der Waals surface area contributed by atoms with Crippen LogP contribution in [0.3, 0.4) is 0 Å². The minimum Gasteiger partial charge on any atom is -0.303 e. The fourth-order valence-electron chi connectivity index (χ4n) is 3.06. The molecule has 0 radical (unpaired) electrons. The minimum absolute atomic E-state index is 0.232. The molecular formula is C13H23N3. The SMILES string of the molecule is CNC1(C#N)CCCC1CCN(C)C1CC1. The van der Waals surface area contributed by atoms with Crippen LogP contribution >= 0.6 is 0 Å². The first-order chi connectivity index (χ1) is 7.72. The van der Waals surface area contributed by atoms with Gasteiger partial charge in [0.25, 0.3) is 0 Å². The molecule has 0 aromatic rings. The average Bonchev–Trinajstić information content (AvgIpc) is 3.07. The monoisotopic (exact) mass is 221 g/mol. The summed E-state index contributed by atoms with van der Waals surface area (Å²) in [4.78, 5) is 2.47. The standard InChI is InChI=1S/C13H23N3/c1-15-13(10-14)8-3-4-11(13)7-9-16(2)12-5-6-12/h11-12,15H,3-9H2,1-2H3. The lowest BCUT2D eigenvalue weighted by Gasteiger charge is -2.29. The summed E-state index contributed by atoms with van der Waals surface area (Å²) in [5.41, 5.74) is -0.232. The van der Waals surface area contributed by atoms with Gasteiger partial charge in [-0.1, -0.05) is 6.42 Å². The van der Waals surface area contributed by atoms with Gasteiger partial charge in [-0.05, 0) is 58.7 Å². The Bertz CT molecular complexity index is 279. The molecule has 2 aliphatic rings. The number of hydrogen-bond donors (Lipinski definition) is 1. The van der Waals surface area contributed by atoms with E-state index in [0.717, 1.165) is 19.0 Å². The molecule has 0 aromatic carbocycles. The molecule has 2 aliphatic carbocycles. The second-order valence-electron chi connectivity index (χ2n) is 5.42. The first-order valence-electron chi connectivity index (χ1n) is 6.52. The Labute approximate surface area is 98.8 Å². The van der Waals surface area contributed by atoms with Crippen LogP contribution in [-0.4, -0.2) is 37.1 Å². The molecule has 2 rings (SSSR count). The summed E-state index contributed by atoms with van der Waals surface area (Å²) in [6, 6.07) is 3.36. The van der Waals surface area contributed by atoms with Gasteiger partial charge in [0, 0.05) is 6.04 Å².